The van der Waals surface area contributed by atoms with E-state index in [9.17, 15) is 13.6 Å². The van der Waals surface area contributed by atoms with Gasteiger partial charge >= 0.3 is 5.97 Å². The Morgan fingerprint density at radius 1 is 1.33 bits per heavy atom. The van der Waals surface area contributed by atoms with E-state index in [1.54, 1.807) is 0 Å². The molecule has 1 aromatic carbocycles. The summed E-state index contributed by atoms with van der Waals surface area (Å²) in [5.74, 6) is -2.31. The van der Waals surface area contributed by atoms with Gasteiger partial charge in [-0.1, -0.05) is 6.07 Å². The standard InChI is InChI=1S/C11H10F2O2/c12-7-2-1-3-8(13)10(7)11(4-5-11)6-9(14)15/h1-3H,4-6H2,(H,14,15). The fourth-order valence-corrected chi connectivity index (χ4v) is 1.96. The average molecular weight is 212 g/mol. The predicted octanol–water partition coefficient (Wildman–Crippen LogP) is 2.47. The van der Waals surface area contributed by atoms with E-state index in [1.807, 2.05) is 0 Å². The van der Waals surface area contributed by atoms with Crippen molar-refractivity contribution in [1.29, 1.82) is 0 Å². The number of carboxylic acid groups (broad SMARTS) is 1. The maximum absolute atomic E-state index is 13.4. The summed E-state index contributed by atoms with van der Waals surface area (Å²) >= 11 is 0. The zero-order chi connectivity index (χ0) is 11.1. The van der Waals surface area contributed by atoms with Gasteiger partial charge in [0.25, 0.3) is 0 Å². The Morgan fingerprint density at radius 2 is 1.87 bits per heavy atom. The Kier molecular flexibility index (Phi) is 2.21. The molecule has 80 valence electrons. The average Bonchev–Trinajstić information content (AvgIpc) is 2.83. The molecule has 4 heteroatoms. The van der Waals surface area contributed by atoms with Gasteiger partial charge in [0.05, 0.1) is 6.42 Å². The van der Waals surface area contributed by atoms with Crippen LogP contribution in [0, 0.1) is 11.6 Å². The molecular weight excluding hydrogens is 202 g/mol. The van der Waals surface area contributed by atoms with Crippen molar-refractivity contribution in [3.05, 3.63) is 35.4 Å². The second kappa shape index (κ2) is 3.29. The molecule has 0 amide bonds. The summed E-state index contributed by atoms with van der Waals surface area (Å²) in [6.07, 6.45) is 0.874. The van der Waals surface area contributed by atoms with Crippen molar-refractivity contribution in [1.82, 2.24) is 0 Å². The monoisotopic (exact) mass is 212 g/mol. The third-order valence-corrected chi connectivity index (χ3v) is 2.84. The minimum atomic E-state index is -1.02. The molecule has 0 unspecified atom stereocenters. The Balaban J connectivity index is 2.41. The molecule has 0 heterocycles. The zero-order valence-corrected chi connectivity index (χ0v) is 7.96. The summed E-state index contributed by atoms with van der Waals surface area (Å²) in [4.78, 5) is 10.6. The molecule has 0 aromatic heterocycles. The lowest BCUT2D eigenvalue weighted by atomic mass is 9.91. The molecule has 2 nitrogen and oxygen atoms in total. The van der Waals surface area contributed by atoms with Crippen LogP contribution in [-0.2, 0) is 10.2 Å². The maximum Gasteiger partial charge on any atom is 0.304 e. The van der Waals surface area contributed by atoms with E-state index in [4.69, 9.17) is 5.11 Å². The van der Waals surface area contributed by atoms with E-state index in [-0.39, 0.29) is 12.0 Å². The van der Waals surface area contributed by atoms with Gasteiger partial charge < -0.3 is 5.11 Å². The van der Waals surface area contributed by atoms with E-state index in [2.05, 4.69) is 0 Å². The summed E-state index contributed by atoms with van der Waals surface area (Å²) in [6, 6.07) is 3.62. The number of hydrogen-bond acceptors (Lipinski definition) is 1. The molecule has 15 heavy (non-hydrogen) atoms. The topological polar surface area (TPSA) is 37.3 Å². The molecule has 0 bridgehead atoms. The smallest absolute Gasteiger partial charge is 0.304 e. The Morgan fingerprint density at radius 3 is 2.27 bits per heavy atom. The second-order valence-corrected chi connectivity index (χ2v) is 3.95. The number of benzene rings is 1. The molecule has 1 N–H and O–H groups in total. The molecule has 0 atom stereocenters. The van der Waals surface area contributed by atoms with Crippen LogP contribution in [0.2, 0.25) is 0 Å². The maximum atomic E-state index is 13.4. The Bertz CT molecular complexity index is 391. The molecule has 0 radical (unpaired) electrons. The summed E-state index contributed by atoms with van der Waals surface area (Å²) in [7, 11) is 0. The van der Waals surface area contributed by atoms with E-state index in [0.717, 1.165) is 0 Å². The number of aliphatic carboxylic acids is 1. The summed E-state index contributed by atoms with van der Waals surface area (Å²) in [6.45, 7) is 0. The SMILES string of the molecule is O=C(O)CC1(c2c(F)cccc2F)CC1. The highest BCUT2D eigenvalue weighted by molar-refractivity contribution is 5.70. The van der Waals surface area contributed by atoms with Crippen LogP contribution >= 0.6 is 0 Å². The Hall–Kier alpha value is -1.45. The van der Waals surface area contributed by atoms with Gasteiger partial charge in [-0.15, -0.1) is 0 Å². The van der Waals surface area contributed by atoms with E-state index < -0.39 is 23.0 Å². The lowest BCUT2D eigenvalue weighted by Crippen LogP contribution is -2.16. The third-order valence-electron chi connectivity index (χ3n) is 2.84. The normalized spacial score (nSPS) is 17.5. The first-order valence-corrected chi connectivity index (χ1v) is 4.71. The minimum Gasteiger partial charge on any atom is -0.481 e. The van der Waals surface area contributed by atoms with Crippen LogP contribution in [-0.4, -0.2) is 11.1 Å². The second-order valence-electron chi connectivity index (χ2n) is 3.95. The molecular formula is C11H10F2O2. The Labute approximate surface area is 85.5 Å². The molecule has 1 aliphatic carbocycles. The van der Waals surface area contributed by atoms with E-state index in [1.165, 1.54) is 18.2 Å². The zero-order valence-electron chi connectivity index (χ0n) is 7.96. The van der Waals surface area contributed by atoms with Crippen LogP contribution in [0.15, 0.2) is 18.2 Å². The van der Waals surface area contributed by atoms with E-state index in [0.29, 0.717) is 12.8 Å². The van der Waals surface area contributed by atoms with Gasteiger partial charge in [0.2, 0.25) is 0 Å². The summed E-state index contributed by atoms with van der Waals surface area (Å²) in [5.41, 5.74) is -0.867. The summed E-state index contributed by atoms with van der Waals surface area (Å²) in [5, 5.41) is 8.69. The minimum absolute atomic E-state index is 0.0626. The van der Waals surface area contributed by atoms with Crippen LogP contribution in [0.1, 0.15) is 24.8 Å². The van der Waals surface area contributed by atoms with Crippen LogP contribution in [0.4, 0.5) is 8.78 Å². The first-order valence-electron chi connectivity index (χ1n) is 4.71. The first kappa shape index (κ1) is 10.1. The van der Waals surface area contributed by atoms with Gasteiger partial charge in [0.1, 0.15) is 11.6 Å². The first-order chi connectivity index (χ1) is 7.05. The molecule has 1 aliphatic rings. The largest absolute Gasteiger partial charge is 0.481 e. The van der Waals surface area contributed by atoms with Crippen molar-refractivity contribution in [2.45, 2.75) is 24.7 Å². The molecule has 1 aromatic rings. The number of hydrogen-bond donors (Lipinski definition) is 1. The highest BCUT2D eigenvalue weighted by Gasteiger charge is 2.49. The predicted molar refractivity (Wildman–Crippen MR) is 49.5 cm³/mol. The van der Waals surface area contributed by atoms with Crippen molar-refractivity contribution in [3.8, 4) is 0 Å². The van der Waals surface area contributed by atoms with E-state index >= 15 is 0 Å². The highest BCUT2D eigenvalue weighted by Crippen LogP contribution is 2.52. The molecule has 0 saturated heterocycles. The van der Waals surface area contributed by atoms with Crippen LogP contribution < -0.4 is 0 Å². The van der Waals surface area contributed by atoms with Crippen molar-refractivity contribution >= 4 is 5.97 Å². The van der Waals surface area contributed by atoms with Crippen molar-refractivity contribution in [2.75, 3.05) is 0 Å². The lowest BCUT2D eigenvalue weighted by molar-refractivity contribution is -0.137. The number of carboxylic acids is 1. The lowest BCUT2D eigenvalue weighted by Gasteiger charge is -2.14. The van der Waals surface area contributed by atoms with Crippen molar-refractivity contribution in [2.24, 2.45) is 0 Å². The number of rotatable bonds is 3. The highest BCUT2D eigenvalue weighted by atomic mass is 19.1. The van der Waals surface area contributed by atoms with Crippen molar-refractivity contribution in [3.63, 3.8) is 0 Å². The molecule has 0 aliphatic heterocycles. The fraction of sp³-hybridized carbons (Fsp3) is 0.364. The quantitative estimate of drug-likeness (QED) is 0.835. The van der Waals surface area contributed by atoms with Gasteiger partial charge in [0, 0.05) is 11.0 Å². The van der Waals surface area contributed by atoms with Crippen LogP contribution in [0.5, 0.6) is 0 Å². The third kappa shape index (κ3) is 1.71. The van der Waals surface area contributed by atoms with Crippen molar-refractivity contribution < 1.29 is 18.7 Å². The van der Waals surface area contributed by atoms with Gasteiger partial charge in [-0.05, 0) is 25.0 Å². The summed E-state index contributed by atoms with van der Waals surface area (Å²) < 4.78 is 26.8. The fourth-order valence-electron chi connectivity index (χ4n) is 1.96. The van der Waals surface area contributed by atoms with Gasteiger partial charge in [0.15, 0.2) is 0 Å². The van der Waals surface area contributed by atoms with Gasteiger partial charge in [-0.3, -0.25) is 4.79 Å². The van der Waals surface area contributed by atoms with Gasteiger partial charge in [-0.2, -0.15) is 0 Å². The number of carbonyl (C=O) groups is 1. The van der Waals surface area contributed by atoms with Crippen LogP contribution in [0.25, 0.3) is 0 Å². The molecule has 1 fully saturated rings. The number of halogens is 2. The molecule has 1 saturated carbocycles. The van der Waals surface area contributed by atoms with Crippen LogP contribution in [0.3, 0.4) is 0 Å². The molecule has 0 spiro atoms. The van der Waals surface area contributed by atoms with Gasteiger partial charge in [-0.25, -0.2) is 8.78 Å². The molecule has 2 rings (SSSR count).